The summed E-state index contributed by atoms with van der Waals surface area (Å²) in [5.74, 6) is 0.337. The number of halogens is 4. The number of alkyl halides is 4. The summed E-state index contributed by atoms with van der Waals surface area (Å²) in [5.41, 5.74) is 1.22. The zero-order chi connectivity index (χ0) is 24.9. The highest BCUT2D eigenvalue weighted by atomic mass is 32.2. The van der Waals surface area contributed by atoms with E-state index in [9.17, 15) is 26.0 Å². The van der Waals surface area contributed by atoms with Gasteiger partial charge in [0.1, 0.15) is 0 Å². The van der Waals surface area contributed by atoms with Crippen molar-refractivity contribution in [2.75, 3.05) is 0 Å². The molecule has 0 atom stereocenters. The average molecular weight is 497 g/mol. The molecule has 0 radical (unpaired) electrons. The molecule has 4 rings (SSSR count). The molecule has 0 aliphatic rings. The molecule has 2 heterocycles. The molecule has 0 saturated carbocycles. The van der Waals surface area contributed by atoms with Crippen molar-refractivity contribution < 1.29 is 30.5 Å². The minimum absolute atomic E-state index is 0.0541. The lowest BCUT2D eigenvalue weighted by Crippen LogP contribution is -2.11. The fourth-order valence-electron chi connectivity index (χ4n) is 2.74. The molecule has 0 bridgehead atoms. The molecule has 8 nitrogen and oxygen atoms in total. The first-order chi connectivity index (χ1) is 16.0. The Morgan fingerprint density at radius 2 is 1.79 bits per heavy atom. The number of rotatable bonds is 5. The first-order valence-electron chi connectivity index (χ1n) is 9.73. The third-order valence-electron chi connectivity index (χ3n) is 4.54. The van der Waals surface area contributed by atoms with E-state index in [0.717, 1.165) is 28.8 Å². The Kier molecular flexibility index (Phi) is 7.47. The molecule has 0 amide bonds. The maximum absolute atomic E-state index is 12.4. The number of benzene rings is 2. The predicted octanol–water partition coefficient (Wildman–Crippen LogP) is 4.44. The van der Waals surface area contributed by atoms with Crippen LogP contribution < -0.4 is 5.14 Å². The summed E-state index contributed by atoms with van der Waals surface area (Å²) in [7, 11) is -3.82. The first kappa shape index (κ1) is 25.1. The number of aromatic nitrogens is 4. The molecular weight excluding hydrogens is 478 g/mol. The molecule has 2 aromatic heterocycles. The molecule has 0 spiro atoms. The van der Waals surface area contributed by atoms with E-state index in [1.54, 1.807) is 6.07 Å². The normalized spacial score (nSPS) is 11.7. The van der Waals surface area contributed by atoms with Crippen molar-refractivity contribution >= 4 is 10.0 Å². The van der Waals surface area contributed by atoms with Gasteiger partial charge in [0.05, 0.1) is 22.2 Å². The lowest BCUT2D eigenvalue weighted by molar-refractivity contribution is -0.137. The fraction of sp³-hybridized carbons (Fsp3) is 0.190. The molecule has 0 saturated heterocycles. The summed E-state index contributed by atoms with van der Waals surface area (Å²) in [4.78, 5) is 4.08. The smallest absolute Gasteiger partial charge is 0.333 e. The van der Waals surface area contributed by atoms with Gasteiger partial charge in [0.25, 0.3) is 5.89 Å². The van der Waals surface area contributed by atoms with Gasteiger partial charge in [-0.3, -0.25) is 0 Å². The van der Waals surface area contributed by atoms with Gasteiger partial charge in [-0.25, -0.2) is 22.6 Å². The van der Waals surface area contributed by atoms with Gasteiger partial charge in [-0.15, -0.1) is 0 Å². The Morgan fingerprint density at radius 3 is 2.35 bits per heavy atom. The minimum atomic E-state index is -4.22. The Bertz CT molecular complexity index is 1350. The largest absolute Gasteiger partial charge is 0.416 e. The molecule has 34 heavy (non-hydrogen) atoms. The summed E-state index contributed by atoms with van der Waals surface area (Å²) < 4.78 is 77.3. The van der Waals surface area contributed by atoms with Crippen molar-refractivity contribution in [3.8, 4) is 22.8 Å². The van der Waals surface area contributed by atoms with Gasteiger partial charge in [-0.05, 0) is 36.2 Å². The van der Waals surface area contributed by atoms with Crippen LogP contribution in [0.1, 0.15) is 18.1 Å². The maximum Gasteiger partial charge on any atom is 0.416 e. The van der Waals surface area contributed by atoms with Crippen LogP contribution in [0, 0.1) is 0 Å². The van der Waals surface area contributed by atoms with Gasteiger partial charge >= 0.3 is 6.18 Å². The van der Waals surface area contributed by atoms with Gasteiger partial charge in [0, 0.05) is 11.8 Å². The lowest BCUT2D eigenvalue weighted by atomic mass is 10.1. The summed E-state index contributed by atoms with van der Waals surface area (Å²) in [6.07, 6.45) is -0.653. The van der Waals surface area contributed by atoms with E-state index in [2.05, 4.69) is 15.2 Å². The zero-order valence-corrected chi connectivity index (χ0v) is 18.5. The van der Waals surface area contributed by atoms with E-state index in [-0.39, 0.29) is 16.6 Å². The molecule has 0 aliphatic heterocycles. The van der Waals surface area contributed by atoms with Crippen LogP contribution >= 0.6 is 0 Å². The quantitative estimate of drug-likeness (QED) is 0.408. The van der Waals surface area contributed by atoms with Crippen molar-refractivity contribution in [2.24, 2.45) is 5.14 Å². The molecular formula is C21H19F4N5O3S. The van der Waals surface area contributed by atoms with Gasteiger partial charge in [0.2, 0.25) is 15.8 Å². The van der Waals surface area contributed by atoms with E-state index in [4.69, 9.17) is 9.66 Å². The number of hydrogen-bond donors (Lipinski definition) is 1. The molecule has 2 aromatic carbocycles. The standard InChI is InChI=1S/C12H10FN5O3S.C9H9F3/c13-7-18-6-9(5-15-18)12-16-11(17-21-12)8-2-1-3-10(4-8)22(14,19)20;1-2-7-3-5-8(6-4-7)9(10,11)12/h1-6H,7H2,(H2,14,19,20);3-6H,2H2,1H3. The highest BCUT2D eigenvalue weighted by Gasteiger charge is 2.29. The SMILES string of the molecule is CCc1ccc(C(F)(F)F)cc1.NS(=O)(=O)c1cccc(-c2noc(-c3cnn(CF)c3)n2)c1. The van der Waals surface area contributed by atoms with Gasteiger partial charge in [-0.2, -0.15) is 23.3 Å². The molecule has 0 unspecified atom stereocenters. The van der Waals surface area contributed by atoms with Crippen LogP contribution in [0.15, 0.2) is 70.3 Å². The molecule has 13 heteroatoms. The third-order valence-corrected chi connectivity index (χ3v) is 5.45. The van der Waals surface area contributed by atoms with Crippen LogP contribution in [0.2, 0.25) is 0 Å². The summed E-state index contributed by atoms with van der Waals surface area (Å²) in [5, 5.41) is 12.6. The first-order valence-corrected chi connectivity index (χ1v) is 11.3. The number of aryl methyl sites for hydroxylation is 1. The average Bonchev–Trinajstić information content (AvgIpc) is 3.48. The maximum atomic E-state index is 12.4. The zero-order valence-electron chi connectivity index (χ0n) is 17.7. The van der Waals surface area contributed by atoms with E-state index < -0.39 is 28.6 Å². The Balaban J connectivity index is 0.000000229. The highest BCUT2D eigenvalue weighted by Crippen LogP contribution is 2.29. The Labute approximate surface area is 192 Å². The molecule has 2 N–H and O–H groups in total. The van der Waals surface area contributed by atoms with Crippen molar-refractivity contribution in [3.05, 3.63) is 72.1 Å². The van der Waals surface area contributed by atoms with E-state index in [1.807, 2.05) is 6.92 Å². The van der Waals surface area contributed by atoms with E-state index in [0.29, 0.717) is 11.1 Å². The van der Waals surface area contributed by atoms with Crippen LogP contribution in [-0.2, 0) is 29.4 Å². The van der Waals surface area contributed by atoms with Crippen LogP contribution in [-0.4, -0.2) is 28.3 Å². The van der Waals surface area contributed by atoms with E-state index in [1.165, 1.54) is 42.7 Å². The highest BCUT2D eigenvalue weighted by molar-refractivity contribution is 7.89. The Morgan fingerprint density at radius 1 is 1.09 bits per heavy atom. The third kappa shape index (κ3) is 6.26. The lowest BCUT2D eigenvalue weighted by Gasteiger charge is -2.06. The number of hydrogen-bond acceptors (Lipinski definition) is 6. The number of primary sulfonamides is 1. The van der Waals surface area contributed by atoms with Crippen molar-refractivity contribution in [1.82, 2.24) is 19.9 Å². The molecule has 4 aromatic rings. The topological polar surface area (TPSA) is 117 Å². The second kappa shape index (κ2) is 10.1. The van der Waals surface area contributed by atoms with Crippen LogP contribution in [0.25, 0.3) is 22.8 Å². The van der Waals surface area contributed by atoms with Gasteiger partial charge in [-0.1, -0.05) is 36.3 Å². The van der Waals surface area contributed by atoms with Crippen molar-refractivity contribution in [1.29, 1.82) is 0 Å². The van der Waals surface area contributed by atoms with Crippen LogP contribution in [0.3, 0.4) is 0 Å². The number of nitrogens with two attached hydrogens (primary N) is 1. The van der Waals surface area contributed by atoms with Crippen LogP contribution in [0.5, 0.6) is 0 Å². The summed E-state index contributed by atoms with van der Waals surface area (Å²) in [6, 6.07) is 11.1. The van der Waals surface area contributed by atoms with Crippen molar-refractivity contribution in [2.45, 2.75) is 31.2 Å². The van der Waals surface area contributed by atoms with Gasteiger partial charge in [0.15, 0.2) is 6.80 Å². The second-order valence-corrected chi connectivity index (χ2v) is 8.49. The minimum Gasteiger partial charge on any atom is -0.333 e. The molecule has 180 valence electrons. The summed E-state index contributed by atoms with van der Waals surface area (Å²) in [6.45, 7) is 1.14. The summed E-state index contributed by atoms with van der Waals surface area (Å²) >= 11 is 0. The monoisotopic (exact) mass is 497 g/mol. The van der Waals surface area contributed by atoms with E-state index >= 15 is 0 Å². The fourth-order valence-corrected chi connectivity index (χ4v) is 3.30. The number of sulfonamides is 1. The van der Waals surface area contributed by atoms with Crippen LogP contribution in [0.4, 0.5) is 17.6 Å². The van der Waals surface area contributed by atoms with Crippen molar-refractivity contribution in [3.63, 3.8) is 0 Å². The van der Waals surface area contributed by atoms with Gasteiger partial charge < -0.3 is 4.52 Å². The molecule has 0 aliphatic carbocycles. The number of nitrogens with zero attached hydrogens (tertiary/aromatic N) is 4. The Hall–Kier alpha value is -3.58. The predicted molar refractivity (Wildman–Crippen MR) is 114 cm³/mol. The second-order valence-electron chi connectivity index (χ2n) is 6.93. The molecule has 0 fully saturated rings.